The highest BCUT2D eigenvalue weighted by Gasteiger charge is 2.44. The van der Waals surface area contributed by atoms with Gasteiger partial charge in [0.15, 0.2) is 0 Å². The molecule has 3 atom stereocenters. The molecule has 0 bridgehead atoms. The molecule has 5 rings (SSSR count). The highest BCUT2D eigenvalue weighted by Crippen LogP contribution is 2.45. The van der Waals surface area contributed by atoms with Crippen molar-refractivity contribution in [3.05, 3.63) is 59.3 Å². The molecule has 1 aliphatic heterocycles. The van der Waals surface area contributed by atoms with Crippen molar-refractivity contribution in [1.29, 1.82) is 0 Å². The van der Waals surface area contributed by atoms with Gasteiger partial charge in [-0.1, -0.05) is 12.1 Å². The monoisotopic (exact) mass is 525 g/mol. The van der Waals surface area contributed by atoms with Gasteiger partial charge >= 0.3 is 6.18 Å². The molecule has 1 aromatic heterocycles. The summed E-state index contributed by atoms with van der Waals surface area (Å²) >= 11 is 0. The van der Waals surface area contributed by atoms with Crippen LogP contribution in [0.25, 0.3) is 10.9 Å². The maximum atomic E-state index is 14.7. The van der Waals surface area contributed by atoms with Crippen molar-refractivity contribution in [2.24, 2.45) is 0 Å². The number of ether oxygens (including phenoxy) is 1. The van der Waals surface area contributed by atoms with E-state index in [4.69, 9.17) is 4.74 Å². The molecule has 6 nitrogen and oxygen atoms in total. The molecule has 0 unspecified atom stereocenters. The molecule has 0 spiro atoms. The molecule has 2 aliphatic rings. The van der Waals surface area contributed by atoms with Crippen LogP contribution >= 0.6 is 0 Å². The molecule has 0 amide bonds. The van der Waals surface area contributed by atoms with E-state index in [1.54, 1.807) is 6.92 Å². The summed E-state index contributed by atoms with van der Waals surface area (Å²) in [5.41, 5.74) is -3.22. The molecule has 11 heteroatoms. The fourth-order valence-corrected chi connectivity index (χ4v) is 5.72. The van der Waals surface area contributed by atoms with Crippen LogP contribution in [-0.2, 0) is 11.8 Å². The normalized spacial score (nSPS) is 30.4. The zero-order valence-corrected chi connectivity index (χ0v) is 20.3. The van der Waals surface area contributed by atoms with E-state index in [-0.39, 0.29) is 48.6 Å². The van der Waals surface area contributed by atoms with Gasteiger partial charge in [-0.25, -0.2) is 4.39 Å². The maximum Gasteiger partial charge on any atom is 0.418 e. The van der Waals surface area contributed by atoms with Crippen LogP contribution in [0.4, 0.5) is 22.0 Å². The highest BCUT2D eigenvalue weighted by molar-refractivity contribution is 5.85. The van der Waals surface area contributed by atoms with Gasteiger partial charge in [-0.2, -0.15) is 17.6 Å². The zero-order chi connectivity index (χ0) is 26.8. The van der Waals surface area contributed by atoms with Crippen molar-refractivity contribution in [2.75, 3.05) is 6.61 Å². The van der Waals surface area contributed by atoms with Crippen molar-refractivity contribution < 1.29 is 36.9 Å². The Balaban J connectivity index is 1.40. The standard InChI is InChI=1S/C26H28F5N3O3/c1-14-9-25(36,15-3-5-16(27)6-4-15)10-17(32-14)13-37-19-7-20-22(21(8-19)26(29,30)31)34(33-23(20)28)18-11-24(2,35)12-18/h3-8,14,17-18,32,35-36H,9-13H2,1-2H3/t14-,17-,18?,24?,25-/m0/s1. The predicted molar refractivity (Wildman–Crippen MR) is 125 cm³/mol. The van der Waals surface area contributed by atoms with E-state index in [2.05, 4.69) is 10.4 Å². The summed E-state index contributed by atoms with van der Waals surface area (Å²) in [7, 11) is 0. The summed E-state index contributed by atoms with van der Waals surface area (Å²) in [5, 5.41) is 28.0. The minimum Gasteiger partial charge on any atom is -0.492 e. The Labute approximate surface area is 210 Å². The Kier molecular flexibility index (Phi) is 6.24. The maximum absolute atomic E-state index is 14.7. The molecular weight excluding hydrogens is 497 g/mol. The summed E-state index contributed by atoms with van der Waals surface area (Å²) in [6.45, 7) is 3.34. The third-order valence-corrected chi connectivity index (χ3v) is 7.31. The van der Waals surface area contributed by atoms with Gasteiger partial charge in [0.1, 0.15) is 18.2 Å². The molecule has 2 heterocycles. The van der Waals surface area contributed by atoms with Crippen molar-refractivity contribution in [3.63, 3.8) is 0 Å². The lowest BCUT2D eigenvalue weighted by molar-refractivity contribution is -0.136. The second-order valence-corrected chi connectivity index (χ2v) is 10.7. The van der Waals surface area contributed by atoms with Gasteiger partial charge in [-0.05, 0) is 69.4 Å². The fourth-order valence-electron chi connectivity index (χ4n) is 5.72. The number of halogens is 5. The summed E-state index contributed by atoms with van der Waals surface area (Å²) in [5.74, 6) is -1.65. The lowest BCUT2D eigenvalue weighted by atomic mass is 9.77. The largest absolute Gasteiger partial charge is 0.492 e. The lowest BCUT2D eigenvalue weighted by Gasteiger charge is -2.41. The van der Waals surface area contributed by atoms with Gasteiger partial charge in [-0.15, -0.1) is 5.10 Å². The van der Waals surface area contributed by atoms with Crippen molar-refractivity contribution >= 4 is 10.9 Å². The van der Waals surface area contributed by atoms with Crippen molar-refractivity contribution in [3.8, 4) is 5.75 Å². The molecule has 2 fully saturated rings. The first-order valence-electron chi connectivity index (χ1n) is 12.1. The van der Waals surface area contributed by atoms with E-state index in [9.17, 15) is 32.2 Å². The van der Waals surface area contributed by atoms with Crippen LogP contribution in [0.5, 0.6) is 5.75 Å². The minimum atomic E-state index is -4.80. The van der Waals surface area contributed by atoms with E-state index in [0.29, 0.717) is 12.0 Å². The lowest BCUT2D eigenvalue weighted by Crippen LogP contribution is -2.53. The second-order valence-electron chi connectivity index (χ2n) is 10.7. The number of nitrogens with zero attached hydrogens (tertiary/aromatic N) is 2. The predicted octanol–water partition coefficient (Wildman–Crippen LogP) is 4.83. The molecule has 1 saturated heterocycles. The molecule has 1 aliphatic carbocycles. The highest BCUT2D eigenvalue weighted by atomic mass is 19.4. The van der Waals surface area contributed by atoms with Crippen LogP contribution in [0.1, 0.15) is 56.7 Å². The van der Waals surface area contributed by atoms with Crippen molar-refractivity contribution in [2.45, 2.75) is 75.0 Å². The van der Waals surface area contributed by atoms with Gasteiger partial charge in [0, 0.05) is 12.1 Å². The molecule has 200 valence electrons. The molecule has 1 saturated carbocycles. The molecule has 0 radical (unpaired) electrons. The first-order valence-corrected chi connectivity index (χ1v) is 12.1. The third kappa shape index (κ3) is 5.04. The topological polar surface area (TPSA) is 79.5 Å². The number of aliphatic hydroxyl groups is 2. The SMILES string of the molecule is C[C@H]1C[C@@](O)(c2ccc(F)cc2)C[C@@H](COc2cc(C(F)(F)F)c3c(c2)c(F)nn3C2CC(C)(O)C2)N1. The first-order chi connectivity index (χ1) is 17.2. The van der Waals surface area contributed by atoms with Crippen LogP contribution < -0.4 is 10.1 Å². The van der Waals surface area contributed by atoms with Crippen LogP contribution in [0.3, 0.4) is 0 Å². The Morgan fingerprint density at radius 3 is 2.38 bits per heavy atom. The number of alkyl halides is 3. The summed E-state index contributed by atoms with van der Waals surface area (Å²) in [4.78, 5) is 0. The van der Waals surface area contributed by atoms with Gasteiger partial charge in [0.25, 0.3) is 0 Å². The number of piperidine rings is 1. The first kappa shape index (κ1) is 25.9. The quantitative estimate of drug-likeness (QED) is 0.416. The Morgan fingerprint density at radius 2 is 1.76 bits per heavy atom. The van der Waals surface area contributed by atoms with E-state index in [1.165, 1.54) is 30.3 Å². The fraction of sp³-hybridized carbons (Fsp3) is 0.500. The van der Waals surface area contributed by atoms with Crippen LogP contribution in [0.2, 0.25) is 0 Å². The van der Waals surface area contributed by atoms with Crippen LogP contribution in [0, 0.1) is 11.8 Å². The Hall–Kier alpha value is -2.76. The van der Waals surface area contributed by atoms with E-state index in [0.717, 1.165) is 10.7 Å². The van der Waals surface area contributed by atoms with E-state index in [1.807, 2.05) is 6.92 Å². The number of hydrogen-bond donors (Lipinski definition) is 3. The smallest absolute Gasteiger partial charge is 0.418 e. The summed E-state index contributed by atoms with van der Waals surface area (Å²) < 4.78 is 77.0. The molecule has 2 aromatic carbocycles. The van der Waals surface area contributed by atoms with E-state index < -0.39 is 46.8 Å². The van der Waals surface area contributed by atoms with E-state index >= 15 is 0 Å². The molecular formula is C26H28F5N3O3. The molecule has 3 aromatic rings. The minimum absolute atomic E-state index is 0.0854. The van der Waals surface area contributed by atoms with Crippen LogP contribution in [-0.4, -0.2) is 44.3 Å². The molecule has 3 N–H and O–H groups in total. The third-order valence-electron chi connectivity index (χ3n) is 7.31. The number of aromatic nitrogens is 2. The number of nitrogens with one attached hydrogen (secondary N) is 1. The zero-order valence-electron chi connectivity index (χ0n) is 20.3. The average Bonchev–Trinajstić information content (AvgIpc) is 3.10. The van der Waals surface area contributed by atoms with Gasteiger partial charge < -0.3 is 20.3 Å². The van der Waals surface area contributed by atoms with Crippen LogP contribution in [0.15, 0.2) is 36.4 Å². The van der Waals surface area contributed by atoms with Crippen molar-refractivity contribution in [1.82, 2.24) is 15.1 Å². The summed E-state index contributed by atoms with van der Waals surface area (Å²) in [6.07, 6.45) is -3.92. The number of rotatable bonds is 5. The second kappa shape index (κ2) is 8.92. The Bertz CT molecular complexity index is 1300. The number of fused-ring (bicyclic) bond motifs is 1. The summed E-state index contributed by atoms with van der Waals surface area (Å²) in [6, 6.07) is 6.43. The number of benzene rings is 2. The number of hydrogen-bond acceptors (Lipinski definition) is 5. The van der Waals surface area contributed by atoms with Gasteiger partial charge in [0.05, 0.1) is 33.7 Å². The van der Waals surface area contributed by atoms with Gasteiger partial charge in [-0.3, -0.25) is 4.68 Å². The Morgan fingerprint density at radius 1 is 1.08 bits per heavy atom. The molecule has 37 heavy (non-hydrogen) atoms. The van der Waals surface area contributed by atoms with Gasteiger partial charge in [0.2, 0.25) is 5.95 Å². The average molecular weight is 526 g/mol.